The van der Waals surface area contributed by atoms with Crippen molar-refractivity contribution >= 4 is 5.91 Å². The Morgan fingerprint density at radius 1 is 1.37 bits per heavy atom. The molecule has 5 nitrogen and oxygen atoms in total. The molecule has 19 heavy (non-hydrogen) atoms. The lowest BCUT2D eigenvalue weighted by molar-refractivity contribution is 0.0938. The van der Waals surface area contributed by atoms with Crippen LogP contribution in [-0.4, -0.2) is 26.9 Å². The van der Waals surface area contributed by atoms with Gasteiger partial charge in [0.15, 0.2) is 0 Å². The molecule has 0 aliphatic heterocycles. The van der Waals surface area contributed by atoms with Gasteiger partial charge in [0.25, 0.3) is 5.91 Å². The molecule has 0 saturated carbocycles. The molecule has 0 spiro atoms. The van der Waals surface area contributed by atoms with Gasteiger partial charge in [0, 0.05) is 11.6 Å². The number of carbonyl (C=O) groups excluding carboxylic acids is 1. The number of rotatable bonds is 5. The van der Waals surface area contributed by atoms with Crippen molar-refractivity contribution in [3.63, 3.8) is 0 Å². The Balaban J connectivity index is 2.04. The Kier molecular flexibility index (Phi) is 4.28. The molecule has 2 rings (SSSR count). The first-order valence-electron chi connectivity index (χ1n) is 6.48. The molecule has 100 valence electrons. The van der Waals surface area contributed by atoms with Crippen LogP contribution in [0.3, 0.4) is 0 Å². The van der Waals surface area contributed by atoms with Gasteiger partial charge in [0.2, 0.25) is 0 Å². The van der Waals surface area contributed by atoms with Crippen LogP contribution >= 0.6 is 0 Å². The zero-order valence-corrected chi connectivity index (χ0v) is 11.2. The van der Waals surface area contributed by atoms with Crippen LogP contribution in [0.4, 0.5) is 0 Å². The lowest BCUT2D eigenvalue weighted by Crippen LogP contribution is -2.32. The predicted molar refractivity (Wildman–Crippen MR) is 73.2 cm³/mol. The first-order chi connectivity index (χ1) is 9.20. The maximum atomic E-state index is 12.0. The number of hydrogen-bond acceptors (Lipinski definition) is 3. The third-order valence-corrected chi connectivity index (χ3v) is 2.92. The van der Waals surface area contributed by atoms with Crippen molar-refractivity contribution in [2.45, 2.75) is 32.7 Å². The molecular formula is C14H18N4O. The minimum atomic E-state index is -0.0360. The molecule has 1 N–H and O–H groups in total. The highest BCUT2D eigenvalue weighted by Gasteiger charge is 2.09. The lowest BCUT2D eigenvalue weighted by atomic mass is 10.1. The highest BCUT2D eigenvalue weighted by Crippen LogP contribution is 2.08. The van der Waals surface area contributed by atoms with Gasteiger partial charge in [-0.15, -0.1) is 5.10 Å². The highest BCUT2D eigenvalue weighted by molar-refractivity contribution is 5.94. The normalized spacial score (nSPS) is 12.1. The fourth-order valence-corrected chi connectivity index (χ4v) is 1.92. The molecule has 0 aliphatic rings. The van der Waals surface area contributed by atoms with Crippen molar-refractivity contribution in [2.75, 3.05) is 0 Å². The van der Waals surface area contributed by atoms with Gasteiger partial charge < -0.3 is 5.32 Å². The van der Waals surface area contributed by atoms with Crippen LogP contribution in [0.1, 0.15) is 37.0 Å². The SMILES string of the molecule is CCCC(C)NC(=O)c1ccc(-n2ccnn2)cc1. The fourth-order valence-electron chi connectivity index (χ4n) is 1.92. The maximum absolute atomic E-state index is 12.0. The average molecular weight is 258 g/mol. The summed E-state index contributed by atoms with van der Waals surface area (Å²) in [4.78, 5) is 12.0. The Hall–Kier alpha value is -2.17. The second-order valence-electron chi connectivity index (χ2n) is 4.56. The number of hydrogen-bond donors (Lipinski definition) is 1. The quantitative estimate of drug-likeness (QED) is 0.894. The Morgan fingerprint density at radius 3 is 2.68 bits per heavy atom. The molecule has 1 unspecified atom stereocenters. The molecule has 0 bridgehead atoms. The zero-order valence-electron chi connectivity index (χ0n) is 11.2. The predicted octanol–water partition coefficient (Wildman–Crippen LogP) is 2.19. The Bertz CT molecular complexity index is 519. The third kappa shape index (κ3) is 3.40. The lowest BCUT2D eigenvalue weighted by Gasteiger charge is -2.12. The van der Waals surface area contributed by atoms with Gasteiger partial charge in [-0.25, -0.2) is 4.68 Å². The number of aromatic nitrogens is 3. The zero-order chi connectivity index (χ0) is 13.7. The smallest absolute Gasteiger partial charge is 0.251 e. The van der Waals surface area contributed by atoms with Gasteiger partial charge in [-0.2, -0.15) is 0 Å². The molecule has 2 aromatic rings. The number of amides is 1. The van der Waals surface area contributed by atoms with Crippen LogP contribution < -0.4 is 5.32 Å². The van der Waals surface area contributed by atoms with E-state index in [9.17, 15) is 4.79 Å². The minimum absolute atomic E-state index is 0.0360. The number of nitrogens with zero attached hydrogens (tertiary/aromatic N) is 3. The monoisotopic (exact) mass is 258 g/mol. The van der Waals surface area contributed by atoms with E-state index in [1.54, 1.807) is 29.2 Å². The summed E-state index contributed by atoms with van der Waals surface area (Å²) in [5.41, 5.74) is 1.54. The summed E-state index contributed by atoms with van der Waals surface area (Å²) in [5, 5.41) is 10.6. The number of benzene rings is 1. The summed E-state index contributed by atoms with van der Waals surface area (Å²) in [7, 11) is 0. The van der Waals surface area contributed by atoms with Crippen molar-refractivity contribution in [1.82, 2.24) is 20.3 Å². The van der Waals surface area contributed by atoms with E-state index in [0.29, 0.717) is 5.56 Å². The largest absolute Gasteiger partial charge is 0.350 e. The topological polar surface area (TPSA) is 59.8 Å². The second kappa shape index (κ2) is 6.13. The van der Waals surface area contributed by atoms with E-state index >= 15 is 0 Å². The van der Waals surface area contributed by atoms with Crippen LogP contribution in [-0.2, 0) is 0 Å². The van der Waals surface area contributed by atoms with E-state index in [0.717, 1.165) is 18.5 Å². The highest BCUT2D eigenvalue weighted by atomic mass is 16.1. The van der Waals surface area contributed by atoms with Gasteiger partial charge in [-0.3, -0.25) is 4.79 Å². The van der Waals surface area contributed by atoms with Crippen molar-refractivity contribution in [3.8, 4) is 5.69 Å². The van der Waals surface area contributed by atoms with E-state index in [1.807, 2.05) is 19.1 Å². The van der Waals surface area contributed by atoms with E-state index in [4.69, 9.17) is 0 Å². The molecule has 0 aliphatic carbocycles. The molecule has 0 fully saturated rings. The van der Waals surface area contributed by atoms with Crippen LogP contribution in [0.5, 0.6) is 0 Å². The van der Waals surface area contributed by atoms with Crippen molar-refractivity contribution < 1.29 is 4.79 Å². The van der Waals surface area contributed by atoms with Gasteiger partial charge in [0.05, 0.1) is 18.1 Å². The van der Waals surface area contributed by atoms with Gasteiger partial charge in [-0.1, -0.05) is 18.6 Å². The maximum Gasteiger partial charge on any atom is 0.251 e. The average Bonchev–Trinajstić information content (AvgIpc) is 2.93. The van der Waals surface area contributed by atoms with E-state index < -0.39 is 0 Å². The molecule has 0 radical (unpaired) electrons. The van der Waals surface area contributed by atoms with Crippen LogP contribution in [0.25, 0.3) is 5.69 Å². The van der Waals surface area contributed by atoms with Crippen molar-refractivity contribution in [3.05, 3.63) is 42.2 Å². The molecule has 1 amide bonds. The molecular weight excluding hydrogens is 240 g/mol. The summed E-state index contributed by atoms with van der Waals surface area (Å²) in [6.07, 6.45) is 5.43. The fraction of sp³-hybridized carbons (Fsp3) is 0.357. The van der Waals surface area contributed by atoms with Crippen molar-refractivity contribution in [1.29, 1.82) is 0 Å². The summed E-state index contributed by atoms with van der Waals surface area (Å²) < 4.78 is 1.65. The van der Waals surface area contributed by atoms with Crippen molar-refractivity contribution in [2.24, 2.45) is 0 Å². The molecule has 1 atom stereocenters. The van der Waals surface area contributed by atoms with Gasteiger partial charge in [0.1, 0.15) is 0 Å². The molecule has 0 saturated heterocycles. The Morgan fingerprint density at radius 2 is 2.11 bits per heavy atom. The first-order valence-corrected chi connectivity index (χ1v) is 6.48. The summed E-state index contributed by atoms with van der Waals surface area (Å²) in [6.45, 7) is 4.13. The van der Waals surface area contributed by atoms with Crippen LogP contribution in [0, 0.1) is 0 Å². The second-order valence-corrected chi connectivity index (χ2v) is 4.56. The van der Waals surface area contributed by atoms with E-state index in [-0.39, 0.29) is 11.9 Å². The van der Waals surface area contributed by atoms with Gasteiger partial charge in [-0.05, 0) is 37.6 Å². The Labute approximate surface area is 112 Å². The molecule has 1 heterocycles. The first kappa shape index (κ1) is 13.3. The standard InChI is InChI=1S/C14H18N4O/c1-3-4-11(2)16-14(19)12-5-7-13(8-6-12)18-10-9-15-17-18/h5-11H,3-4H2,1-2H3,(H,16,19). The number of nitrogens with one attached hydrogen (secondary N) is 1. The summed E-state index contributed by atoms with van der Waals surface area (Å²) >= 11 is 0. The van der Waals surface area contributed by atoms with E-state index in [1.165, 1.54) is 0 Å². The molecule has 5 heteroatoms. The summed E-state index contributed by atoms with van der Waals surface area (Å²) in [6, 6.07) is 7.51. The third-order valence-electron chi connectivity index (χ3n) is 2.92. The molecule has 1 aromatic carbocycles. The minimum Gasteiger partial charge on any atom is -0.350 e. The number of carbonyl (C=O) groups is 1. The molecule has 1 aromatic heterocycles. The van der Waals surface area contributed by atoms with E-state index in [2.05, 4.69) is 22.6 Å². The van der Waals surface area contributed by atoms with Crippen LogP contribution in [0.2, 0.25) is 0 Å². The van der Waals surface area contributed by atoms with Crippen LogP contribution in [0.15, 0.2) is 36.7 Å². The summed E-state index contributed by atoms with van der Waals surface area (Å²) in [5.74, 6) is -0.0360. The van der Waals surface area contributed by atoms with Gasteiger partial charge >= 0.3 is 0 Å².